The maximum absolute atomic E-state index is 11.9. The number of rotatable bonds is 3. The van der Waals surface area contributed by atoms with Gasteiger partial charge in [0.15, 0.2) is 5.82 Å². The number of hydrogen-bond donors (Lipinski definition) is 1. The van der Waals surface area contributed by atoms with Crippen LogP contribution in [0, 0.1) is 0 Å². The molecule has 1 aliphatic heterocycles. The van der Waals surface area contributed by atoms with Crippen LogP contribution in [-0.4, -0.2) is 41.1 Å². The molecule has 2 N–H and O–H groups in total. The van der Waals surface area contributed by atoms with Crippen molar-refractivity contribution >= 4 is 29.2 Å². The third-order valence-corrected chi connectivity index (χ3v) is 4.49. The summed E-state index contributed by atoms with van der Waals surface area (Å²) in [7, 11) is 0. The number of anilines is 2. The van der Waals surface area contributed by atoms with Gasteiger partial charge in [-0.1, -0.05) is 0 Å². The van der Waals surface area contributed by atoms with Crippen LogP contribution in [0.5, 0.6) is 0 Å². The largest absolute Gasteiger partial charge is 0.462 e. The third kappa shape index (κ3) is 3.17. The van der Waals surface area contributed by atoms with E-state index in [1.165, 1.54) is 0 Å². The lowest BCUT2D eigenvalue weighted by atomic mass is 10.1. The van der Waals surface area contributed by atoms with Crippen LogP contribution < -0.4 is 10.6 Å². The minimum Gasteiger partial charge on any atom is -0.462 e. The quantitative estimate of drug-likeness (QED) is 0.862. The number of thioether (sulfide) groups is 1. The molecule has 1 aromatic heterocycles. The van der Waals surface area contributed by atoms with Gasteiger partial charge in [0.25, 0.3) is 0 Å². The summed E-state index contributed by atoms with van der Waals surface area (Å²) in [4.78, 5) is 18.4. The normalized spacial score (nSPS) is 17.9. The van der Waals surface area contributed by atoms with Gasteiger partial charge in [-0.25, -0.2) is 9.78 Å². The second-order valence-electron chi connectivity index (χ2n) is 5.35. The van der Waals surface area contributed by atoms with Gasteiger partial charge in [-0.15, -0.1) is 0 Å². The predicted molar refractivity (Wildman–Crippen MR) is 83.4 cm³/mol. The van der Waals surface area contributed by atoms with Crippen LogP contribution in [0.4, 0.5) is 11.5 Å². The van der Waals surface area contributed by atoms with E-state index in [0.29, 0.717) is 23.7 Å². The van der Waals surface area contributed by atoms with E-state index in [1.54, 1.807) is 19.2 Å². The molecule has 110 valence electrons. The lowest BCUT2D eigenvalue weighted by Crippen LogP contribution is -2.43. The monoisotopic (exact) mass is 295 g/mol. The van der Waals surface area contributed by atoms with E-state index in [9.17, 15) is 4.79 Å². The summed E-state index contributed by atoms with van der Waals surface area (Å²) in [5, 5.41) is 0. The average molecular weight is 295 g/mol. The number of ether oxygens (including phenoxy) is 1. The molecule has 20 heavy (non-hydrogen) atoms. The lowest BCUT2D eigenvalue weighted by molar-refractivity contribution is 0.0527. The predicted octanol–water partition coefficient (Wildman–Crippen LogP) is 2.17. The molecule has 1 aromatic rings. The van der Waals surface area contributed by atoms with E-state index in [4.69, 9.17) is 10.5 Å². The molecule has 0 amide bonds. The smallest absolute Gasteiger partial charge is 0.340 e. The van der Waals surface area contributed by atoms with Crippen molar-refractivity contribution in [2.45, 2.75) is 25.5 Å². The molecule has 0 aromatic carbocycles. The van der Waals surface area contributed by atoms with Crippen LogP contribution in [0.2, 0.25) is 0 Å². The molecule has 0 aliphatic carbocycles. The van der Waals surface area contributed by atoms with Gasteiger partial charge >= 0.3 is 5.97 Å². The van der Waals surface area contributed by atoms with Crippen molar-refractivity contribution in [1.82, 2.24) is 4.98 Å². The second kappa shape index (κ2) is 5.91. The Labute approximate surface area is 123 Å². The van der Waals surface area contributed by atoms with E-state index in [2.05, 4.69) is 23.7 Å². The number of carbonyl (C=O) groups excluding carboxylic acids is 1. The highest BCUT2D eigenvalue weighted by molar-refractivity contribution is 8.00. The first-order valence-corrected chi connectivity index (χ1v) is 7.73. The molecule has 2 heterocycles. The fourth-order valence-electron chi connectivity index (χ4n) is 2.30. The number of esters is 1. The average Bonchev–Trinajstić information content (AvgIpc) is 2.38. The Kier molecular flexibility index (Phi) is 4.42. The Hall–Kier alpha value is -1.43. The van der Waals surface area contributed by atoms with Crippen LogP contribution in [0.3, 0.4) is 0 Å². The van der Waals surface area contributed by atoms with E-state index in [0.717, 1.165) is 18.8 Å². The SMILES string of the molecule is CCOC(=O)c1ccnc(N2CCSC(C)(C)C2)c1N. The first-order chi connectivity index (χ1) is 9.44. The molecular weight excluding hydrogens is 274 g/mol. The lowest BCUT2D eigenvalue weighted by Gasteiger charge is -2.38. The van der Waals surface area contributed by atoms with Crippen molar-refractivity contribution in [1.29, 1.82) is 0 Å². The van der Waals surface area contributed by atoms with Gasteiger partial charge in [0.2, 0.25) is 0 Å². The van der Waals surface area contributed by atoms with Gasteiger partial charge in [-0.05, 0) is 26.8 Å². The zero-order chi connectivity index (χ0) is 14.8. The van der Waals surface area contributed by atoms with Crippen molar-refractivity contribution in [2.24, 2.45) is 0 Å². The van der Waals surface area contributed by atoms with E-state index in [-0.39, 0.29) is 10.7 Å². The molecule has 0 bridgehead atoms. The molecule has 1 saturated heterocycles. The van der Waals surface area contributed by atoms with Crippen LogP contribution in [0.25, 0.3) is 0 Å². The maximum atomic E-state index is 11.9. The van der Waals surface area contributed by atoms with Crippen molar-refractivity contribution in [3.63, 3.8) is 0 Å². The van der Waals surface area contributed by atoms with Crippen LogP contribution in [-0.2, 0) is 4.74 Å². The summed E-state index contributed by atoms with van der Waals surface area (Å²) >= 11 is 1.94. The van der Waals surface area contributed by atoms with Crippen molar-refractivity contribution in [3.8, 4) is 0 Å². The van der Waals surface area contributed by atoms with Crippen molar-refractivity contribution in [3.05, 3.63) is 17.8 Å². The van der Waals surface area contributed by atoms with Crippen molar-refractivity contribution < 1.29 is 9.53 Å². The second-order valence-corrected chi connectivity index (χ2v) is 7.15. The topological polar surface area (TPSA) is 68.5 Å². The molecule has 1 fully saturated rings. The molecule has 0 spiro atoms. The molecular formula is C14H21N3O2S. The zero-order valence-corrected chi connectivity index (χ0v) is 13.0. The van der Waals surface area contributed by atoms with E-state index in [1.807, 2.05) is 11.8 Å². The third-order valence-electron chi connectivity index (χ3n) is 3.19. The summed E-state index contributed by atoms with van der Waals surface area (Å²) in [6.07, 6.45) is 1.62. The molecule has 0 saturated carbocycles. The molecule has 0 atom stereocenters. The number of carbonyl (C=O) groups is 1. The van der Waals surface area contributed by atoms with E-state index >= 15 is 0 Å². The Morgan fingerprint density at radius 3 is 3.00 bits per heavy atom. The standard InChI is InChI=1S/C14H21N3O2S/c1-4-19-13(18)10-5-6-16-12(11(10)15)17-7-8-20-14(2,3)9-17/h5-6H,4,7-9,15H2,1-3H3. The van der Waals surface area contributed by atoms with E-state index < -0.39 is 0 Å². The highest BCUT2D eigenvalue weighted by atomic mass is 32.2. The van der Waals surface area contributed by atoms with Crippen LogP contribution in [0.15, 0.2) is 12.3 Å². The fraction of sp³-hybridized carbons (Fsp3) is 0.571. The molecule has 5 nitrogen and oxygen atoms in total. The van der Waals surface area contributed by atoms with Crippen LogP contribution >= 0.6 is 11.8 Å². The Morgan fingerprint density at radius 1 is 1.60 bits per heavy atom. The Morgan fingerprint density at radius 2 is 2.35 bits per heavy atom. The van der Waals surface area contributed by atoms with Gasteiger partial charge in [0.05, 0.1) is 17.9 Å². The Bertz CT molecular complexity index is 505. The summed E-state index contributed by atoms with van der Waals surface area (Å²) in [5.74, 6) is 1.32. The number of pyridine rings is 1. The summed E-state index contributed by atoms with van der Waals surface area (Å²) in [6, 6.07) is 1.61. The summed E-state index contributed by atoms with van der Waals surface area (Å²) in [5.41, 5.74) is 6.93. The number of nitrogens with zero attached hydrogens (tertiary/aromatic N) is 2. The van der Waals surface area contributed by atoms with Gasteiger partial charge in [0.1, 0.15) is 0 Å². The molecule has 0 unspecified atom stereocenters. The number of hydrogen-bond acceptors (Lipinski definition) is 6. The first-order valence-electron chi connectivity index (χ1n) is 6.75. The minimum atomic E-state index is -0.390. The van der Waals surface area contributed by atoms with Gasteiger partial charge in [-0.3, -0.25) is 0 Å². The summed E-state index contributed by atoms with van der Waals surface area (Å²) in [6.45, 7) is 8.27. The van der Waals surface area contributed by atoms with Crippen molar-refractivity contribution in [2.75, 3.05) is 36.1 Å². The number of aromatic nitrogens is 1. The Balaban J connectivity index is 2.28. The molecule has 6 heteroatoms. The van der Waals surface area contributed by atoms with Gasteiger partial charge < -0.3 is 15.4 Å². The zero-order valence-electron chi connectivity index (χ0n) is 12.2. The minimum absolute atomic E-state index is 0.159. The molecule has 1 aliphatic rings. The van der Waals surface area contributed by atoms with Gasteiger partial charge in [0, 0.05) is 29.8 Å². The highest BCUT2D eigenvalue weighted by Crippen LogP contribution is 2.34. The first kappa shape index (κ1) is 15.0. The highest BCUT2D eigenvalue weighted by Gasteiger charge is 2.29. The fourth-order valence-corrected chi connectivity index (χ4v) is 3.41. The van der Waals surface area contributed by atoms with Gasteiger partial charge in [-0.2, -0.15) is 11.8 Å². The molecule has 2 rings (SSSR count). The maximum Gasteiger partial charge on any atom is 0.340 e. The molecule has 0 radical (unpaired) electrons. The summed E-state index contributed by atoms with van der Waals surface area (Å²) < 4.78 is 5.18. The van der Waals surface area contributed by atoms with Crippen LogP contribution in [0.1, 0.15) is 31.1 Å². The number of nitrogens with two attached hydrogens (primary N) is 1. The number of nitrogen functional groups attached to an aromatic ring is 1.